The SMILES string of the molecule is CC(=O)c1cc(C)ccc1OCOCC(F)(F)F. The zero-order valence-electron chi connectivity index (χ0n) is 10.0. The van der Waals surface area contributed by atoms with Gasteiger partial charge >= 0.3 is 6.18 Å². The van der Waals surface area contributed by atoms with E-state index in [2.05, 4.69) is 4.74 Å². The molecule has 1 aromatic carbocycles. The molecule has 1 aromatic rings. The highest BCUT2D eigenvalue weighted by molar-refractivity contribution is 5.97. The van der Waals surface area contributed by atoms with Crippen molar-refractivity contribution in [3.05, 3.63) is 29.3 Å². The molecule has 0 unspecified atom stereocenters. The molecule has 0 N–H and O–H groups in total. The van der Waals surface area contributed by atoms with Crippen molar-refractivity contribution in [1.29, 1.82) is 0 Å². The number of ether oxygens (including phenoxy) is 2. The molecule has 0 saturated heterocycles. The van der Waals surface area contributed by atoms with E-state index >= 15 is 0 Å². The molecule has 0 saturated carbocycles. The van der Waals surface area contributed by atoms with Gasteiger partial charge < -0.3 is 9.47 Å². The van der Waals surface area contributed by atoms with Crippen molar-refractivity contribution in [2.24, 2.45) is 0 Å². The van der Waals surface area contributed by atoms with Crippen LogP contribution in [0.4, 0.5) is 13.2 Å². The number of rotatable bonds is 5. The summed E-state index contributed by atoms with van der Waals surface area (Å²) < 4.78 is 44.7. The summed E-state index contributed by atoms with van der Waals surface area (Å²) in [4.78, 5) is 11.3. The summed E-state index contributed by atoms with van der Waals surface area (Å²) in [5.41, 5.74) is 1.19. The minimum absolute atomic E-state index is 0.218. The van der Waals surface area contributed by atoms with Crippen LogP contribution in [0.3, 0.4) is 0 Å². The third-order valence-electron chi connectivity index (χ3n) is 2.08. The van der Waals surface area contributed by atoms with Crippen molar-refractivity contribution in [2.75, 3.05) is 13.4 Å². The fourth-order valence-corrected chi connectivity index (χ4v) is 1.31. The van der Waals surface area contributed by atoms with E-state index in [-0.39, 0.29) is 11.5 Å². The number of hydrogen-bond acceptors (Lipinski definition) is 3. The summed E-state index contributed by atoms with van der Waals surface area (Å²) in [6.45, 7) is 1.23. The number of alkyl halides is 3. The number of aryl methyl sites for hydroxylation is 1. The van der Waals surface area contributed by atoms with Crippen LogP contribution in [0, 0.1) is 6.92 Å². The molecule has 0 aliphatic rings. The molecule has 18 heavy (non-hydrogen) atoms. The Hall–Kier alpha value is -1.56. The molecule has 0 aromatic heterocycles. The van der Waals surface area contributed by atoms with Crippen LogP contribution >= 0.6 is 0 Å². The van der Waals surface area contributed by atoms with Gasteiger partial charge in [0.25, 0.3) is 0 Å². The molecule has 1 rings (SSSR count). The standard InChI is InChI=1S/C12H13F3O3/c1-8-3-4-11(10(5-8)9(2)16)18-7-17-6-12(13,14)15/h3-5H,6-7H2,1-2H3. The van der Waals surface area contributed by atoms with E-state index in [4.69, 9.17) is 4.74 Å². The molecular formula is C12H13F3O3. The second-order valence-corrected chi connectivity index (χ2v) is 3.78. The molecular weight excluding hydrogens is 249 g/mol. The van der Waals surface area contributed by atoms with Gasteiger partial charge in [0.2, 0.25) is 0 Å². The summed E-state index contributed by atoms with van der Waals surface area (Å²) in [5.74, 6) is -0.000189. The van der Waals surface area contributed by atoms with E-state index in [0.717, 1.165) is 5.56 Å². The molecule has 0 atom stereocenters. The van der Waals surface area contributed by atoms with Gasteiger partial charge in [0.1, 0.15) is 12.4 Å². The van der Waals surface area contributed by atoms with Crippen molar-refractivity contribution in [3.8, 4) is 5.75 Å². The van der Waals surface area contributed by atoms with Gasteiger partial charge in [-0.1, -0.05) is 11.6 Å². The van der Waals surface area contributed by atoms with Crippen LogP contribution in [0.2, 0.25) is 0 Å². The smallest absolute Gasteiger partial charge is 0.411 e. The molecule has 0 heterocycles. The average Bonchev–Trinajstić information content (AvgIpc) is 2.24. The first kappa shape index (κ1) is 14.5. The molecule has 0 bridgehead atoms. The monoisotopic (exact) mass is 262 g/mol. The number of carbonyl (C=O) groups is 1. The molecule has 0 aliphatic heterocycles. The van der Waals surface area contributed by atoms with E-state index < -0.39 is 19.6 Å². The Kier molecular flexibility index (Phi) is 4.72. The van der Waals surface area contributed by atoms with Gasteiger partial charge in [-0.2, -0.15) is 13.2 Å². The molecule has 3 nitrogen and oxygen atoms in total. The molecule has 0 radical (unpaired) electrons. The number of halogens is 3. The molecule has 0 fully saturated rings. The zero-order chi connectivity index (χ0) is 13.8. The zero-order valence-corrected chi connectivity index (χ0v) is 10.0. The lowest BCUT2D eigenvalue weighted by atomic mass is 10.1. The van der Waals surface area contributed by atoms with Gasteiger partial charge in [0.15, 0.2) is 12.6 Å². The molecule has 0 spiro atoms. The summed E-state index contributed by atoms with van der Waals surface area (Å²) >= 11 is 0. The predicted molar refractivity (Wildman–Crippen MR) is 58.7 cm³/mol. The fraction of sp³-hybridized carbons (Fsp3) is 0.417. The summed E-state index contributed by atoms with van der Waals surface area (Å²) in [7, 11) is 0. The average molecular weight is 262 g/mol. The maximum atomic E-state index is 11.8. The maximum absolute atomic E-state index is 11.8. The minimum Gasteiger partial charge on any atom is -0.467 e. The summed E-state index contributed by atoms with van der Waals surface area (Å²) in [5, 5.41) is 0. The maximum Gasteiger partial charge on any atom is 0.411 e. The molecule has 6 heteroatoms. The molecule has 100 valence electrons. The van der Waals surface area contributed by atoms with Crippen LogP contribution in [0.15, 0.2) is 18.2 Å². The Bertz CT molecular complexity index is 427. The molecule has 0 amide bonds. The third-order valence-corrected chi connectivity index (χ3v) is 2.08. The first-order valence-electron chi connectivity index (χ1n) is 5.18. The van der Waals surface area contributed by atoms with Crippen molar-refractivity contribution < 1.29 is 27.4 Å². The number of Topliss-reactive ketones (excluding diaryl/α,β-unsaturated/α-hetero) is 1. The van der Waals surface area contributed by atoms with Gasteiger partial charge in [-0.3, -0.25) is 4.79 Å². The second kappa shape index (κ2) is 5.86. The van der Waals surface area contributed by atoms with E-state index in [1.165, 1.54) is 13.0 Å². The van der Waals surface area contributed by atoms with E-state index in [0.29, 0.717) is 5.56 Å². The largest absolute Gasteiger partial charge is 0.467 e. The number of carbonyl (C=O) groups excluding carboxylic acids is 1. The van der Waals surface area contributed by atoms with Crippen LogP contribution in [0.5, 0.6) is 5.75 Å². The highest BCUT2D eigenvalue weighted by Gasteiger charge is 2.27. The van der Waals surface area contributed by atoms with Crippen molar-refractivity contribution in [3.63, 3.8) is 0 Å². The Morgan fingerprint density at radius 2 is 2.00 bits per heavy atom. The van der Waals surface area contributed by atoms with Crippen molar-refractivity contribution in [2.45, 2.75) is 20.0 Å². The Morgan fingerprint density at radius 1 is 1.33 bits per heavy atom. The van der Waals surface area contributed by atoms with E-state index in [1.54, 1.807) is 19.1 Å². The fourth-order valence-electron chi connectivity index (χ4n) is 1.31. The normalized spacial score (nSPS) is 11.4. The van der Waals surface area contributed by atoms with Crippen molar-refractivity contribution in [1.82, 2.24) is 0 Å². The predicted octanol–water partition coefficient (Wildman–Crippen LogP) is 3.11. The van der Waals surface area contributed by atoms with Gasteiger partial charge in [-0.05, 0) is 26.0 Å². The van der Waals surface area contributed by atoms with E-state index in [9.17, 15) is 18.0 Å². The highest BCUT2D eigenvalue weighted by atomic mass is 19.4. The number of hydrogen-bond donors (Lipinski definition) is 0. The summed E-state index contributed by atoms with van der Waals surface area (Å²) in [6.07, 6.45) is -4.39. The first-order valence-corrected chi connectivity index (χ1v) is 5.18. The van der Waals surface area contributed by atoms with Crippen molar-refractivity contribution >= 4 is 5.78 Å². The van der Waals surface area contributed by atoms with Gasteiger partial charge in [-0.25, -0.2) is 0 Å². The van der Waals surface area contributed by atoms with Crippen LogP contribution in [0.25, 0.3) is 0 Å². The Balaban J connectivity index is 2.59. The lowest BCUT2D eigenvalue weighted by molar-refractivity contribution is -0.186. The Morgan fingerprint density at radius 3 is 2.56 bits per heavy atom. The van der Waals surface area contributed by atoms with Gasteiger partial charge in [-0.15, -0.1) is 0 Å². The lowest BCUT2D eigenvalue weighted by Crippen LogP contribution is -2.19. The van der Waals surface area contributed by atoms with Crippen LogP contribution in [-0.4, -0.2) is 25.4 Å². The van der Waals surface area contributed by atoms with Crippen LogP contribution < -0.4 is 4.74 Å². The van der Waals surface area contributed by atoms with Gasteiger partial charge in [0.05, 0.1) is 5.56 Å². The number of benzene rings is 1. The molecule has 0 aliphatic carbocycles. The van der Waals surface area contributed by atoms with Crippen LogP contribution in [0.1, 0.15) is 22.8 Å². The third kappa shape index (κ3) is 4.75. The van der Waals surface area contributed by atoms with Crippen LogP contribution in [-0.2, 0) is 4.74 Å². The first-order chi connectivity index (χ1) is 8.29. The Labute approximate surface area is 103 Å². The second-order valence-electron chi connectivity index (χ2n) is 3.78. The van der Waals surface area contributed by atoms with E-state index in [1.807, 2.05) is 0 Å². The van der Waals surface area contributed by atoms with Gasteiger partial charge in [0, 0.05) is 0 Å². The topological polar surface area (TPSA) is 35.5 Å². The quantitative estimate of drug-likeness (QED) is 0.464. The lowest BCUT2D eigenvalue weighted by Gasteiger charge is -2.11. The summed E-state index contributed by atoms with van der Waals surface area (Å²) in [6, 6.07) is 4.84. The highest BCUT2D eigenvalue weighted by Crippen LogP contribution is 2.21. The number of ketones is 1. The minimum atomic E-state index is -4.39.